The van der Waals surface area contributed by atoms with Crippen LogP contribution in [0, 0.1) is 17.0 Å². The van der Waals surface area contributed by atoms with Crippen molar-refractivity contribution < 1.29 is 14.4 Å². The molecule has 1 aromatic heterocycles. The summed E-state index contributed by atoms with van der Waals surface area (Å²) in [6.45, 7) is 2.43. The number of para-hydroxylation sites is 1. The second-order valence-electron chi connectivity index (χ2n) is 6.16. The first kappa shape index (κ1) is 17.5. The Hall–Kier alpha value is -3.88. The van der Waals surface area contributed by atoms with Crippen LogP contribution in [0.4, 0.5) is 23.0 Å². The SMILES string of the molecule is Cc1ccccc1Nc1ncnc(NCc2ccc3c(c2)OCO3)c1[N+](=O)[O-]. The van der Waals surface area contributed by atoms with Gasteiger partial charge in [0.1, 0.15) is 6.33 Å². The summed E-state index contributed by atoms with van der Waals surface area (Å²) in [6.07, 6.45) is 1.29. The summed E-state index contributed by atoms with van der Waals surface area (Å²) in [6, 6.07) is 13.0. The average Bonchev–Trinajstić information content (AvgIpc) is 3.16. The Morgan fingerprint density at radius 1 is 1.11 bits per heavy atom. The number of benzene rings is 2. The summed E-state index contributed by atoms with van der Waals surface area (Å²) in [5.74, 6) is 1.59. The molecule has 9 nitrogen and oxygen atoms in total. The highest BCUT2D eigenvalue weighted by Gasteiger charge is 2.23. The van der Waals surface area contributed by atoms with Crippen molar-refractivity contribution in [3.05, 3.63) is 70.0 Å². The van der Waals surface area contributed by atoms with Gasteiger partial charge in [0.2, 0.25) is 18.4 Å². The van der Waals surface area contributed by atoms with Crippen LogP contribution in [0.2, 0.25) is 0 Å². The summed E-state index contributed by atoms with van der Waals surface area (Å²) in [5, 5.41) is 17.7. The first-order valence-electron chi connectivity index (χ1n) is 8.56. The van der Waals surface area contributed by atoms with Crippen molar-refractivity contribution in [1.82, 2.24) is 9.97 Å². The van der Waals surface area contributed by atoms with Crippen molar-refractivity contribution in [3.63, 3.8) is 0 Å². The number of rotatable bonds is 6. The predicted molar refractivity (Wildman–Crippen MR) is 103 cm³/mol. The first-order valence-corrected chi connectivity index (χ1v) is 8.56. The minimum absolute atomic E-state index is 0.127. The van der Waals surface area contributed by atoms with E-state index in [1.807, 2.05) is 43.3 Å². The number of hydrogen-bond donors (Lipinski definition) is 2. The molecule has 4 rings (SSSR count). The molecule has 0 amide bonds. The van der Waals surface area contributed by atoms with E-state index in [0.717, 1.165) is 16.8 Å². The quantitative estimate of drug-likeness (QED) is 0.492. The molecule has 2 heterocycles. The van der Waals surface area contributed by atoms with Gasteiger partial charge in [-0.3, -0.25) is 10.1 Å². The Bertz CT molecular complexity index is 1040. The van der Waals surface area contributed by atoms with Gasteiger partial charge in [0.25, 0.3) is 0 Å². The smallest absolute Gasteiger partial charge is 0.353 e. The summed E-state index contributed by atoms with van der Waals surface area (Å²) in [5.41, 5.74) is 2.35. The van der Waals surface area contributed by atoms with E-state index < -0.39 is 4.92 Å². The number of fused-ring (bicyclic) bond motifs is 1. The monoisotopic (exact) mass is 379 g/mol. The van der Waals surface area contributed by atoms with E-state index in [9.17, 15) is 10.1 Å². The summed E-state index contributed by atoms with van der Waals surface area (Å²) in [4.78, 5) is 19.3. The molecule has 0 atom stereocenters. The van der Waals surface area contributed by atoms with E-state index in [4.69, 9.17) is 9.47 Å². The van der Waals surface area contributed by atoms with Gasteiger partial charge in [-0.05, 0) is 36.2 Å². The molecule has 2 N–H and O–H groups in total. The van der Waals surface area contributed by atoms with Crippen molar-refractivity contribution in [2.75, 3.05) is 17.4 Å². The average molecular weight is 379 g/mol. The lowest BCUT2D eigenvalue weighted by atomic mass is 10.2. The van der Waals surface area contributed by atoms with Gasteiger partial charge in [0.05, 0.1) is 4.92 Å². The van der Waals surface area contributed by atoms with Crippen molar-refractivity contribution in [3.8, 4) is 11.5 Å². The van der Waals surface area contributed by atoms with Gasteiger partial charge in [-0.1, -0.05) is 24.3 Å². The first-order chi connectivity index (χ1) is 13.6. The molecule has 0 spiro atoms. The number of nitrogens with one attached hydrogen (secondary N) is 2. The highest BCUT2D eigenvalue weighted by Crippen LogP contribution is 2.34. The molecule has 142 valence electrons. The van der Waals surface area contributed by atoms with Crippen LogP contribution in [0.3, 0.4) is 0 Å². The molecule has 1 aliphatic heterocycles. The van der Waals surface area contributed by atoms with Gasteiger partial charge in [0.15, 0.2) is 11.5 Å². The number of aryl methyl sites for hydroxylation is 1. The largest absolute Gasteiger partial charge is 0.454 e. The number of nitro groups is 1. The Morgan fingerprint density at radius 2 is 1.89 bits per heavy atom. The van der Waals surface area contributed by atoms with Crippen LogP contribution in [-0.2, 0) is 6.54 Å². The highest BCUT2D eigenvalue weighted by molar-refractivity contribution is 5.74. The Kier molecular flexibility index (Phi) is 4.63. The van der Waals surface area contributed by atoms with Crippen LogP contribution in [0.5, 0.6) is 11.5 Å². The molecule has 9 heteroatoms. The van der Waals surface area contributed by atoms with Gasteiger partial charge in [-0.25, -0.2) is 9.97 Å². The maximum Gasteiger partial charge on any atom is 0.353 e. The molecule has 3 aromatic rings. The van der Waals surface area contributed by atoms with Crippen LogP contribution in [-0.4, -0.2) is 21.7 Å². The Labute approximate surface area is 160 Å². The third kappa shape index (κ3) is 3.50. The van der Waals surface area contributed by atoms with E-state index in [1.165, 1.54) is 6.33 Å². The zero-order valence-corrected chi connectivity index (χ0v) is 15.0. The van der Waals surface area contributed by atoms with Crippen LogP contribution in [0.15, 0.2) is 48.8 Å². The minimum Gasteiger partial charge on any atom is -0.454 e. The molecule has 0 unspecified atom stereocenters. The fourth-order valence-electron chi connectivity index (χ4n) is 2.85. The zero-order valence-electron chi connectivity index (χ0n) is 15.0. The van der Waals surface area contributed by atoms with E-state index >= 15 is 0 Å². The lowest BCUT2D eigenvalue weighted by Gasteiger charge is -2.11. The van der Waals surface area contributed by atoms with E-state index in [0.29, 0.717) is 18.0 Å². The van der Waals surface area contributed by atoms with Crippen LogP contribution in [0.25, 0.3) is 0 Å². The third-order valence-corrected chi connectivity index (χ3v) is 4.30. The molecule has 0 saturated carbocycles. The second-order valence-corrected chi connectivity index (χ2v) is 6.16. The van der Waals surface area contributed by atoms with Gasteiger partial charge >= 0.3 is 5.69 Å². The molecular weight excluding hydrogens is 362 g/mol. The highest BCUT2D eigenvalue weighted by atomic mass is 16.7. The molecule has 0 radical (unpaired) electrons. The van der Waals surface area contributed by atoms with E-state index in [1.54, 1.807) is 6.07 Å². The topological polar surface area (TPSA) is 111 Å². The maximum absolute atomic E-state index is 11.7. The van der Waals surface area contributed by atoms with Crippen molar-refractivity contribution in [2.45, 2.75) is 13.5 Å². The van der Waals surface area contributed by atoms with Crippen LogP contribution in [0.1, 0.15) is 11.1 Å². The summed E-state index contributed by atoms with van der Waals surface area (Å²) < 4.78 is 10.6. The van der Waals surface area contributed by atoms with Crippen molar-refractivity contribution in [1.29, 1.82) is 0 Å². The number of aromatic nitrogens is 2. The zero-order chi connectivity index (χ0) is 19.5. The number of anilines is 3. The molecule has 1 aliphatic rings. The maximum atomic E-state index is 11.7. The Morgan fingerprint density at radius 3 is 2.71 bits per heavy atom. The van der Waals surface area contributed by atoms with Gasteiger partial charge in [0, 0.05) is 12.2 Å². The van der Waals surface area contributed by atoms with E-state index in [2.05, 4.69) is 20.6 Å². The predicted octanol–water partition coefficient (Wildman–Crippen LogP) is 3.78. The fourth-order valence-corrected chi connectivity index (χ4v) is 2.85. The second kappa shape index (κ2) is 7.39. The van der Waals surface area contributed by atoms with Gasteiger partial charge in [-0.2, -0.15) is 0 Å². The molecule has 2 aromatic carbocycles. The molecule has 0 fully saturated rings. The minimum atomic E-state index is -0.497. The normalized spacial score (nSPS) is 11.9. The van der Waals surface area contributed by atoms with Gasteiger partial charge < -0.3 is 20.1 Å². The van der Waals surface area contributed by atoms with E-state index in [-0.39, 0.29) is 24.1 Å². The summed E-state index contributed by atoms with van der Waals surface area (Å²) in [7, 11) is 0. The number of ether oxygens (including phenoxy) is 2. The third-order valence-electron chi connectivity index (χ3n) is 4.30. The molecular formula is C19H17N5O4. The lowest BCUT2D eigenvalue weighted by molar-refractivity contribution is -0.383. The number of nitrogens with zero attached hydrogens (tertiary/aromatic N) is 3. The van der Waals surface area contributed by atoms with Crippen LogP contribution >= 0.6 is 0 Å². The summed E-state index contributed by atoms with van der Waals surface area (Å²) >= 11 is 0. The lowest BCUT2D eigenvalue weighted by Crippen LogP contribution is -2.08. The van der Waals surface area contributed by atoms with Crippen molar-refractivity contribution >= 4 is 23.0 Å². The van der Waals surface area contributed by atoms with Crippen molar-refractivity contribution in [2.24, 2.45) is 0 Å². The van der Waals surface area contributed by atoms with Crippen LogP contribution < -0.4 is 20.1 Å². The molecule has 0 saturated heterocycles. The molecule has 28 heavy (non-hydrogen) atoms. The molecule has 0 aliphatic carbocycles. The molecule has 0 bridgehead atoms. The Balaban J connectivity index is 1.58. The van der Waals surface area contributed by atoms with Gasteiger partial charge in [-0.15, -0.1) is 0 Å². The fraction of sp³-hybridized carbons (Fsp3) is 0.158. The standard InChI is InChI=1S/C19H17N5O4/c1-12-4-2-3-5-14(12)23-19-17(24(25)26)18(21-10-22-19)20-9-13-6-7-15-16(8-13)28-11-27-15/h2-8,10H,9,11H2,1H3,(H2,20,21,22,23). The number of hydrogen-bond acceptors (Lipinski definition) is 8.